The number of carbonyl (C=O) groups is 2. The summed E-state index contributed by atoms with van der Waals surface area (Å²) in [6.07, 6.45) is 0.482. The summed E-state index contributed by atoms with van der Waals surface area (Å²) in [5.41, 5.74) is 0.651. The Morgan fingerprint density at radius 3 is 2.40 bits per heavy atom. The van der Waals surface area contributed by atoms with Gasteiger partial charge in [-0.05, 0) is 6.92 Å². The lowest BCUT2D eigenvalue weighted by Gasteiger charge is -2.07. The van der Waals surface area contributed by atoms with Crippen LogP contribution in [0.5, 0.6) is 0 Å². The Morgan fingerprint density at radius 1 is 1.27 bits per heavy atom. The van der Waals surface area contributed by atoms with Crippen molar-refractivity contribution in [1.82, 2.24) is 0 Å². The van der Waals surface area contributed by atoms with Gasteiger partial charge in [0.1, 0.15) is 5.78 Å². The average Bonchev–Trinajstić information content (AvgIpc) is 2.29. The number of Topliss-reactive ketones (excluding diaryl/α,β-unsaturated/α-hetero) is 1. The molecule has 0 radical (unpaired) electrons. The number of ketones is 1. The van der Waals surface area contributed by atoms with Crippen LogP contribution in [0, 0.1) is 0 Å². The van der Waals surface area contributed by atoms with Crippen molar-refractivity contribution in [3.8, 4) is 0 Å². The smallest absolute Gasteiger partial charge is 0.220 e. The van der Waals surface area contributed by atoms with E-state index in [4.69, 9.17) is 0 Å². The van der Waals surface area contributed by atoms with Gasteiger partial charge in [-0.3, -0.25) is 9.59 Å². The van der Waals surface area contributed by atoms with Crippen LogP contribution >= 0.6 is 11.8 Å². The Morgan fingerprint density at radius 2 is 1.87 bits per heavy atom. The highest BCUT2D eigenvalue weighted by molar-refractivity contribution is 8.15. The van der Waals surface area contributed by atoms with Gasteiger partial charge in [-0.2, -0.15) is 0 Å². The average molecular weight is 222 g/mol. The number of benzene rings is 1. The van der Waals surface area contributed by atoms with Gasteiger partial charge in [-0.1, -0.05) is 49.0 Å². The second-order valence-corrected chi connectivity index (χ2v) is 4.55. The molecule has 0 N–H and O–H groups in total. The quantitative estimate of drug-likeness (QED) is 0.785. The van der Waals surface area contributed by atoms with Crippen LogP contribution in [-0.2, 0) is 4.79 Å². The van der Waals surface area contributed by atoms with Crippen molar-refractivity contribution in [2.75, 3.05) is 0 Å². The van der Waals surface area contributed by atoms with E-state index in [1.165, 1.54) is 0 Å². The molecule has 0 spiro atoms. The fraction of sp³-hybridized carbons (Fsp3) is 0.333. The Hall–Kier alpha value is -1.09. The first-order valence-electron chi connectivity index (χ1n) is 4.94. The maximum absolute atomic E-state index is 11.7. The summed E-state index contributed by atoms with van der Waals surface area (Å²) in [4.78, 5) is 23.0. The molecular formula is C12H14O2S. The number of hydrogen-bond acceptors (Lipinski definition) is 3. The predicted molar refractivity (Wildman–Crippen MR) is 63.1 cm³/mol. The van der Waals surface area contributed by atoms with Gasteiger partial charge in [0.25, 0.3) is 0 Å². The van der Waals surface area contributed by atoms with E-state index < -0.39 is 0 Å². The van der Waals surface area contributed by atoms with Crippen molar-refractivity contribution in [3.63, 3.8) is 0 Å². The SMILES string of the molecule is CCC(=O)C(C)SC(=O)c1ccccc1. The van der Waals surface area contributed by atoms with Crippen LogP contribution in [0.15, 0.2) is 30.3 Å². The summed E-state index contributed by atoms with van der Waals surface area (Å²) in [5, 5.41) is -0.285. The molecule has 2 nitrogen and oxygen atoms in total. The number of thioether (sulfide) groups is 1. The van der Waals surface area contributed by atoms with Gasteiger partial charge in [0.15, 0.2) is 0 Å². The Bertz CT molecular complexity index is 346. The lowest BCUT2D eigenvalue weighted by molar-refractivity contribution is -0.117. The van der Waals surface area contributed by atoms with Crippen molar-refractivity contribution in [3.05, 3.63) is 35.9 Å². The van der Waals surface area contributed by atoms with Crippen LogP contribution in [-0.4, -0.2) is 16.1 Å². The summed E-state index contributed by atoms with van der Waals surface area (Å²) >= 11 is 1.10. The molecule has 80 valence electrons. The van der Waals surface area contributed by atoms with Gasteiger partial charge >= 0.3 is 0 Å². The first-order chi connectivity index (χ1) is 7.15. The molecule has 0 fully saturated rings. The molecule has 15 heavy (non-hydrogen) atoms. The van der Waals surface area contributed by atoms with E-state index >= 15 is 0 Å². The molecule has 3 heteroatoms. The van der Waals surface area contributed by atoms with Crippen molar-refractivity contribution >= 4 is 22.7 Å². The van der Waals surface area contributed by atoms with Crippen LogP contribution in [0.1, 0.15) is 30.6 Å². The Kier molecular flexibility index (Phi) is 4.56. The molecule has 1 unspecified atom stereocenters. The zero-order chi connectivity index (χ0) is 11.3. The van der Waals surface area contributed by atoms with Crippen LogP contribution < -0.4 is 0 Å². The van der Waals surface area contributed by atoms with Gasteiger partial charge in [0.05, 0.1) is 5.25 Å². The first kappa shape index (κ1) is 12.0. The zero-order valence-electron chi connectivity index (χ0n) is 8.90. The molecule has 1 aromatic rings. The molecule has 0 aliphatic carbocycles. The third kappa shape index (κ3) is 3.51. The molecule has 1 rings (SSSR count). The van der Waals surface area contributed by atoms with Crippen molar-refractivity contribution in [1.29, 1.82) is 0 Å². The van der Waals surface area contributed by atoms with E-state index in [1.807, 2.05) is 25.1 Å². The van der Waals surface area contributed by atoms with Crippen molar-refractivity contribution in [2.45, 2.75) is 25.5 Å². The standard InChI is InChI=1S/C12H14O2S/c1-3-11(13)9(2)15-12(14)10-7-5-4-6-8-10/h4-9H,3H2,1-2H3. The maximum Gasteiger partial charge on any atom is 0.220 e. The number of carbonyl (C=O) groups excluding carboxylic acids is 2. The van der Waals surface area contributed by atoms with E-state index in [0.717, 1.165) is 11.8 Å². The van der Waals surface area contributed by atoms with Gasteiger partial charge in [0, 0.05) is 12.0 Å². The van der Waals surface area contributed by atoms with Gasteiger partial charge in [-0.15, -0.1) is 0 Å². The van der Waals surface area contributed by atoms with Crippen LogP contribution in [0.4, 0.5) is 0 Å². The molecular weight excluding hydrogens is 208 g/mol. The predicted octanol–water partition coefficient (Wildman–Crippen LogP) is 2.93. The molecule has 0 heterocycles. The third-order valence-corrected chi connectivity index (χ3v) is 3.16. The minimum absolute atomic E-state index is 0.0371. The second-order valence-electron chi connectivity index (χ2n) is 3.23. The molecule has 1 atom stereocenters. The molecule has 0 saturated carbocycles. The van der Waals surface area contributed by atoms with E-state index in [0.29, 0.717) is 12.0 Å². The summed E-state index contributed by atoms with van der Waals surface area (Å²) in [5.74, 6) is 0.115. The molecule has 0 amide bonds. The minimum Gasteiger partial charge on any atom is -0.298 e. The van der Waals surface area contributed by atoms with Gasteiger partial charge < -0.3 is 0 Å². The fourth-order valence-corrected chi connectivity index (χ4v) is 2.05. The molecule has 0 aromatic heterocycles. The van der Waals surface area contributed by atoms with E-state index in [2.05, 4.69) is 0 Å². The summed E-state index contributed by atoms with van der Waals surface area (Å²) < 4.78 is 0. The Labute approximate surface area is 94.1 Å². The van der Waals surface area contributed by atoms with E-state index in [1.54, 1.807) is 19.1 Å². The van der Waals surface area contributed by atoms with Gasteiger partial charge in [-0.25, -0.2) is 0 Å². The highest BCUT2D eigenvalue weighted by Gasteiger charge is 2.16. The van der Waals surface area contributed by atoms with Crippen LogP contribution in [0.25, 0.3) is 0 Å². The number of hydrogen-bond donors (Lipinski definition) is 0. The third-order valence-electron chi connectivity index (χ3n) is 2.10. The number of rotatable bonds is 4. The summed E-state index contributed by atoms with van der Waals surface area (Å²) in [7, 11) is 0. The maximum atomic E-state index is 11.7. The summed E-state index contributed by atoms with van der Waals surface area (Å²) in [6, 6.07) is 9.03. The summed E-state index contributed by atoms with van der Waals surface area (Å²) in [6.45, 7) is 3.59. The second kappa shape index (κ2) is 5.71. The fourth-order valence-electron chi connectivity index (χ4n) is 1.16. The normalized spacial score (nSPS) is 12.1. The molecule has 0 aliphatic rings. The van der Waals surface area contributed by atoms with Crippen molar-refractivity contribution in [2.24, 2.45) is 0 Å². The zero-order valence-corrected chi connectivity index (χ0v) is 9.71. The molecule has 0 bridgehead atoms. The topological polar surface area (TPSA) is 34.1 Å². The lowest BCUT2D eigenvalue weighted by atomic mass is 10.2. The lowest BCUT2D eigenvalue weighted by Crippen LogP contribution is -2.14. The molecule has 1 aromatic carbocycles. The first-order valence-corrected chi connectivity index (χ1v) is 5.82. The van der Waals surface area contributed by atoms with E-state index in [9.17, 15) is 9.59 Å². The Balaban J connectivity index is 2.61. The minimum atomic E-state index is -0.247. The van der Waals surface area contributed by atoms with E-state index in [-0.39, 0.29) is 16.1 Å². The van der Waals surface area contributed by atoms with Crippen LogP contribution in [0.3, 0.4) is 0 Å². The monoisotopic (exact) mass is 222 g/mol. The largest absolute Gasteiger partial charge is 0.298 e. The highest BCUT2D eigenvalue weighted by Crippen LogP contribution is 2.18. The van der Waals surface area contributed by atoms with Crippen LogP contribution in [0.2, 0.25) is 0 Å². The highest BCUT2D eigenvalue weighted by atomic mass is 32.2. The van der Waals surface area contributed by atoms with Crippen molar-refractivity contribution < 1.29 is 9.59 Å². The van der Waals surface area contributed by atoms with Gasteiger partial charge in [0.2, 0.25) is 5.12 Å². The molecule has 0 saturated heterocycles. The molecule has 0 aliphatic heterocycles.